The molecule has 0 saturated carbocycles. The van der Waals surface area contributed by atoms with Gasteiger partial charge in [-0.3, -0.25) is 19.6 Å². The molecule has 66 heavy (non-hydrogen) atoms. The van der Waals surface area contributed by atoms with Gasteiger partial charge < -0.3 is 18.9 Å². The van der Waals surface area contributed by atoms with Gasteiger partial charge in [0.25, 0.3) is 5.91 Å². The molecule has 1 fully saturated rings. The van der Waals surface area contributed by atoms with E-state index in [2.05, 4.69) is 9.97 Å². The van der Waals surface area contributed by atoms with Crippen molar-refractivity contribution in [2.24, 2.45) is 0 Å². The van der Waals surface area contributed by atoms with Crippen LogP contribution in [0.5, 0.6) is 0 Å². The number of carbonyl (C=O) groups excluding carboxylic acids is 6. The van der Waals surface area contributed by atoms with Crippen molar-refractivity contribution in [3.05, 3.63) is 115 Å². The lowest BCUT2D eigenvalue weighted by Gasteiger charge is -2.38. The standard InChI is InChI=1S/C26H32N2O5.C26H30N2O5/c2*1-25(2,3)32-23(30)21-14-20(15-22(29)28(21)24(31)33-26(4,5)6)18-11-9-17(10-12-18)19-8-7-13-27-16-19/h7-13,16,20-21H,14-15H2,1-6H3;7-13,15-16,21H,14H2,1-6H3/t20-,21-;21-/m11/s1. The highest BCUT2D eigenvalue weighted by atomic mass is 16.6. The van der Waals surface area contributed by atoms with E-state index in [9.17, 15) is 28.8 Å². The van der Waals surface area contributed by atoms with Crippen LogP contribution in [0.3, 0.4) is 0 Å². The van der Waals surface area contributed by atoms with Gasteiger partial charge in [0.15, 0.2) is 0 Å². The molecule has 0 N–H and O–H groups in total. The molecule has 2 aliphatic rings. The highest BCUT2D eigenvalue weighted by Crippen LogP contribution is 2.36. The second-order valence-corrected chi connectivity index (χ2v) is 20.2. The van der Waals surface area contributed by atoms with Gasteiger partial charge in [0.1, 0.15) is 34.5 Å². The lowest BCUT2D eigenvalue weighted by Crippen LogP contribution is -2.55. The Hall–Kier alpha value is -6.70. The Balaban J connectivity index is 0.000000247. The average Bonchev–Trinajstić information content (AvgIpc) is 3.21. The maximum absolute atomic E-state index is 13.1. The first-order valence-electron chi connectivity index (χ1n) is 22.0. The third-order valence-corrected chi connectivity index (χ3v) is 9.93. The predicted molar refractivity (Wildman–Crippen MR) is 249 cm³/mol. The lowest BCUT2D eigenvalue weighted by molar-refractivity contribution is -0.166. The van der Waals surface area contributed by atoms with Crippen molar-refractivity contribution in [2.75, 3.05) is 0 Å². The molecule has 0 bridgehead atoms. The Kier molecular flexibility index (Phi) is 15.4. The van der Waals surface area contributed by atoms with Crippen molar-refractivity contribution in [1.82, 2.24) is 19.8 Å². The van der Waals surface area contributed by atoms with E-state index in [1.807, 2.05) is 72.8 Å². The summed E-state index contributed by atoms with van der Waals surface area (Å²) in [5.41, 5.74) is 3.17. The summed E-state index contributed by atoms with van der Waals surface area (Å²) in [5.74, 6) is -2.56. The molecular weight excluding hydrogens is 841 g/mol. The van der Waals surface area contributed by atoms with Gasteiger partial charge in [-0.25, -0.2) is 29.0 Å². The summed E-state index contributed by atoms with van der Waals surface area (Å²) in [6.45, 7) is 20.7. The van der Waals surface area contributed by atoms with Crippen molar-refractivity contribution >= 4 is 41.5 Å². The molecule has 350 valence electrons. The number of piperidine rings is 1. The van der Waals surface area contributed by atoms with Crippen LogP contribution in [-0.2, 0) is 38.1 Å². The average molecular weight is 903 g/mol. The molecule has 2 aromatic carbocycles. The molecule has 0 unspecified atom stereocenters. The molecule has 4 heterocycles. The largest absolute Gasteiger partial charge is 0.458 e. The maximum atomic E-state index is 13.1. The SMILES string of the molecule is CC(C)(C)OC(=O)[C@H]1CC(c2ccc(-c3cccnc3)cc2)=CC(=O)N1C(=O)OC(C)(C)C.CC(C)(C)OC(=O)[C@H]1C[C@@H](c2ccc(-c3cccnc3)cc2)CC(=O)N1C(=O)OC(C)(C)C. The van der Waals surface area contributed by atoms with Crippen molar-refractivity contribution in [3.8, 4) is 22.3 Å². The number of pyridine rings is 2. The molecular formula is C52H62N4O10. The number of aromatic nitrogens is 2. The monoisotopic (exact) mass is 902 g/mol. The summed E-state index contributed by atoms with van der Waals surface area (Å²) in [4.78, 5) is 87.8. The number of hydrogen-bond acceptors (Lipinski definition) is 12. The van der Waals surface area contributed by atoms with Gasteiger partial charge in [-0.2, -0.15) is 0 Å². The summed E-state index contributed by atoms with van der Waals surface area (Å²) in [5, 5.41) is 0. The Morgan fingerprint density at radius 3 is 1.38 bits per heavy atom. The van der Waals surface area contributed by atoms with Crippen LogP contribution in [0.1, 0.15) is 119 Å². The fourth-order valence-electron chi connectivity index (χ4n) is 7.22. The van der Waals surface area contributed by atoms with Crippen LogP contribution in [0.25, 0.3) is 27.8 Å². The molecule has 14 nitrogen and oxygen atoms in total. The Morgan fingerprint density at radius 1 is 0.515 bits per heavy atom. The van der Waals surface area contributed by atoms with Crippen molar-refractivity contribution in [3.63, 3.8) is 0 Å². The molecule has 14 heteroatoms. The Bertz CT molecular complexity index is 2410. The van der Waals surface area contributed by atoms with E-state index in [1.54, 1.807) is 108 Å². The van der Waals surface area contributed by atoms with Crippen molar-refractivity contribution in [1.29, 1.82) is 0 Å². The fraction of sp³-hybridized carbons (Fsp3) is 0.423. The van der Waals surface area contributed by atoms with Crippen LogP contribution < -0.4 is 0 Å². The maximum Gasteiger partial charge on any atom is 0.418 e. The zero-order valence-electron chi connectivity index (χ0n) is 40.0. The van der Waals surface area contributed by atoms with Gasteiger partial charge in [-0.05, 0) is 147 Å². The first-order valence-corrected chi connectivity index (χ1v) is 22.0. The van der Waals surface area contributed by atoms with Crippen LogP contribution in [-0.4, -0.2) is 90.2 Å². The zero-order chi connectivity index (χ0) is 48.8. The number of imide groups is 2. The van der Waals surface area contributed by atoms with Gasteiger partial charge in [0, 0.05) is 43.7 Å². The van der Waals surface area contributed by atoms with E-state index >= 15 is 0 Å². The molecule has 3 atom stereocenters. The Labute approximate surface area is 387 Å². The smallest absolute Gasteiger partial charge is 0.418 e. The number of amides is 4. The van der Waals surface area contributed by atoms with Gasteiger partial charge in [-0.15, -0.1) is 0 Å². The molecule has 6 rings (SSSR count). The van der Waals surface area contributed by atoms with Crippen LogP contribution >= 0.6 is 0 Å². The number of ether oxygens (including phenoxy) is 4. The van der Waals surface area contributed by atoms with E-state index in [0.29, 0.717) is 5.57 Å². The number of hydrogen-bond donors (Lipinski definition) is 0. The molecule has 0 spiro atoms. The van der Waals surface area contributed by atoms with Crippen LogP contribution in [0.2, 0.25) is 0 Å². The molecule has 2 aromatic heterocycles. The van der Waals surface area contributed by atoms with Crippen molar-refractivity contribution in [2.45, 2.75) is 143 Å². The first-order chi connectivity index (χ1) is 30.7. The predicted octanol–water partition coefficient (Wildman–Crippen LogP) is 10.1. The van der Waals surface area contributed by atoms with E-state index in [4.69, 9.17) is 18.9 Å². The summed E-state index contributed by atoms with van der Waals surface area (Å²) in [6, 6.07) is 21.0. The molecule has 2 aliphatic heterocycles. The van der Waals surface area contributed by atoms with Gasteiger partial charge in [-0.1, -0.05) is 60.7 Å². The number of esters is 2. The third-order valence-electron chi connectivity index (χ3n) is 9.93. The van der Waals surface area contributed by atoms with Gasteiger partial charge >= 0.3 is 24.1 Å². The minimum Gasteiger partial charge on any atom is -0.458 e. The number of rotatable bonds is 6. The van der Waals surface area contributed by atoms with Crippen molar-refractivity contribution < 1.29 is 47.7 Å². The van der Waals surface area contributed by atoms with Gasteiger partial charge in [0.2, 0.25) is 5.91 Å². The summed E-state index contributed by atoms with van der Waals surface area (Å²) < 4.78 is 21.9. The first kappa shape index (κ1) is 50.3. The summed E-state index contributed by atoms with van der Waals surface area (Å²) >= 11 is 0. The molecule has 0 radical (unpaired) electrons. The lowest BCUT2D eigenvalue weighted by atomic mass is 9.84. The fourth-order valence-corrected chi connectivity index (χ4v) is 7.22. The van der Waals surface area contributed by atoms with Crippen LogP contribution in [0.15, 0.2) is 104 Å². The van der Waals surface area contributed by atoms with E-state index in [1.165, 1.54) is 6.08 Å². The molecule has 1 saturated heterocycles. The number of benzene rings is 2. The topological polar surface area (TPSA) is 172 Å². The van der Waals surface area contributed by atoms with Crippen LogP contribution in [0.4, 0.5) is 9.59 Å². The number of likely N-dealkylation sites (tertiary alicyclic amines) is 1. The quantitative estimate of drug-likeness (QED) is 0.133. The van der Waals surface area contributed by atoms with E-state index < -0.39 is 70.4 Å². The Morgan fingerprint density at radius 2 is 0.939 bits per heavy atom. The van der Waals surface area contributed by atoms with E-state index in [-0.39, 0.29) is 25.2 Å². The second-order valence-electron chi connectivity index (χ2n) is 20.2. The normalized spacial score (nSPS) is 18.0. The second kappa shape index (κ2) is 20.2. The summed E-state index contributed by atoms with van der Waals surface area (Å²) in [7, 11) is 0. The van der Waals surface area contributed by atoms with E-state index in [0.717, 1.165) is 43.2 Å². The minimum atomic E-state index is -1.12. The zero-order valence-corrected chi connectivity index (χ0v) is 40.0. The molecule has 0 aliphatic carbocycles. The highest BCUT2D eigenvalue weighted by Gasteiger charge is 2.46. The highest BCUT2D eigenvalue weighted by molar-refractivity contribution is 6.08. The van der Waals surface area contributed by atoms with Gasteiger partial charge in [0.05, 0.1) is 0 Å². The molecule has 4 aromatic rings. The third kappa shape index (κ3) is 14.1. The van der Waals surface area contributed by atoms with Crippen LogP contribution in [0, 0.1) is 0 Å². The molecule has 4 amide bonds. The number of carbonyl (C=O) groups is 6. The minimum absolute atomic E-state index is 0.102. The number of nitrogens with zero attached hydrogens (tertiary/aromatic N) is 4. The summed E-state index contributed by atoms with van der Waals surface area (Å²) in [6.07, 6.45) is 7.18.